The van der Waals surface area contributed by atoms with Crippen LogP contribution in [0.4, 0.5) is 0 Å². The number of carbonyl (C=O) groups is 1. The van der Waals surface area contributed by atoms with E-state index >= 15 is 0 Å². The maximum absolute atomic E-state index is 12.8. The number of allylic oxidation sites excluding steroid dienone is 4. The standard InChI is InChI=1S/C17H18O3/c1-13-9-11-14(12-10-13)16(18)17(19-2,20-3)15-7-5-4-6-8-15/h4-9,11-12H,1,10H2,2-3H3. The van der Waals surface area contributed by atoms with E-state index in [9.17, 15) is 4.79 Å². The van der Waals surface area contributed by atoms with Gasteiger partial charge in [0.15, 0.2) is 0 Å². The van der Waals surface area contributed by atoms with E-state index in [0.29, 0.717) is 17.6 Å². The van der Waals surface area contributed by atoms with Gasteiger partial charge in [0.25, 0.3) is 5.79 Å². The third-order valence-electron chi connectivity index (χ3n) is 3.37. The summed E-state index contributed by atoms with van der Waals surface area (Å²) in [5.74, 6) is -1.62. The average Bonchev–Trinajstić information content (AvgIpc) is 2.51. The van der Waals surface area contributed by atoms with Crippen molar-refractivity contribution in [1.82, 2.24) is 0 Å². The van der Waals surface area contributed by atoms with Crippen LogP contribution in [0.25, 0.3) is 0 Å². The van der Waals surface area contributed by atoms with Crippen LogP contribution in [-0.4, -0.2) is 20.0 Å². The maximum Gasteiger partial charge on any atom is 0.260 e. The number of benzene rings is 1. The Morgan fingerprint density at radius 3 is 2.30 bits per heavy atom. The molecule has 0 bridgehead atoms. The van der Waals surface area contributed by atoms with Crippen molar-refractivity contribution in [3.05, 3.63) is 71.8 Å². The molecule has 0 saturated carbocycles. The van der Waals surface area contributed by atoms with Gasteiger partial charge in [0.2, 0.25) is 5.78 Å². The van der Waals surface area contributed by atoms with Crippen molar-refractivity contribution in [2.24, 2.45) is 0 Å². The van der Waals surface area contributed by atoms with Crippen LogP contribution in [0, 0.1) is 0 Å². The molecule has 1 aromatic carbocycles. The van der Waals surface area contributed by atoms with Gasteiger partial charge in [-0.3, -0.25) is 4.79 Å². The van der Waals surface area contributed by atoms with E-state index in [2.05, 4.69) is 6.58 Å². The molecule has 1 aliphatic carbocycles. The van der Waals surface area contributed by atoms with Crippen molar-refractivity contribution in [3.8, 4) is 0 Å². The van der Waals surface area contributed by atoms with Gasteiger partial charge in [0.05, 0.1) is 0 Å². The fraction of sp³-hybridized carbons (Fsp3) is 0.235. The maximum atomic E-state index is 12.8. The number of hydrogen-bond acceptors (Lipinski definition) is 3. The highest BCUT2D eigenvalue weighted by Gasteiger charge is 2.42. The lowest BCUT2D eigenvalue weighted by molar-refractivity contribution is -0.209. The smallest absolute Gasteiger partial charge is 0.260 e. The SMILES string of the molecule is C=C1C=CC(C(=O)C(OC)(OC)c2ccccc2)=CC1. The molecule has 0 radical (unpaired) electrons. The van der Waals surface area contributed by atoms with E-state index < -0.39 is 5.79 Å². The highest BCUT2D eigenvalue weighted by Crippen LogP contribution is 2.31. The molecule has 0 saturated heterocycles. The van der Waals surface area contributed by atoms with Crippen LogP contribution in [-0.2, 0) is 20.1 Å². The third kappa shape index (κ3) is 2.50. The number of methoxy groups -OCH3 is 2. The summed E-state index contributed by atoms with van der Waals surface area (Å²) in [7, 11) is 2.95. The molecule has 20 heavy (non-hydrogen) atoms. The number of ketones is 1. The summed E-state index contributed by atoms with van der Waals surface area (Å²) in [6.07, 6.45) is 6.11. The van der Waals surface area contributed by atoms with E-state index in [4.69, 9.17) is 9.47 Å². The molecule has 2 rings (SSSR count). The fourth-order valence-electron chi connectivity index (χ4n) is 2.24. The van der Waals surface area contributed by atoms with Crippen LogP contribution < -0.4 is 0 Å². The summed E-state index contributed by atoms with van der Waals surface area (Å²) in [5, 5.41) is 0. The zero-order valence-corrected chi connectivity index (χ0v) is 11.8. The van der Waals surface area contributed by atoms with Crippen molar-refractivity contribution in [2.75, 3.05) is 14.2 Å². The van der Waals surface area contributed by atoms with E-state index in [1.54, 1.807) is 6.08 Å². The van der Waals surface area contributed by atoms with Gasteiger partial charge in [-0.05, 0) is 6.42 Å². The van der Waals surface area contributed by atoms with Gasteiger partial charge in [0, 0.05) is 25.4 Å². The lowest BCUT2D eigenvalue weighted by Crippen LogP contribution is -2.40. The van der Waals surface area contributed by atoms with Gasteiger partial charge in [-0.15, -0.1) is 0 Å². The molecule has 1 aliphatic rings. The minimum absolute atomic E-state index is 0.211. The molecular weight excluding hydrogens is 252 g/mol. The second-order valence-corrected chi connectivity index (χ2v) is 4.58. The van der Waals surface area contributed by atoms with E-state index in [1.807, 2.05) is 42.5 Å². The first kappa shape index (κ1) is 14.4. The van der Waals surface area contributed by atoms with Crippen molar-refractivity contribution < 1.29 is 14.3 Å². The lowest BCUT2D eigenvalue weighted by atomic mass is 9.92. The van der Waals surface area contributed by atoms with Gasteiger partial charge < -0.3 is 9.47 Å². The first-order valence-electron chi connectivity index (χ1n) is 6.40. The first-order chi connectivity index (χ1) is 9.64. The fourth-order valence-corrected chi connectivity index (χ4v) is 2.24. The molecule has 0 aliphatic heterocycles. The van der Waals surface area contributed by atoms with E-state index in [-0.39, 0.29) is 5.78 Å². The Bertz CT molecular complexity index is 563. The summed E-state index contributed by atoms with van der Waals surface area (Å²) in [6, 6.07) is 9.21. The number of ether oxygens (including phenoxy) is 2. The van der Waals surface area contributed by atoms with E-state index in [0.717, 1.165) is 5.57 Å². The highest BCUT2D eigenvalue weighted by atomic mass is 16.7. The van der Waals surface area contributed by atoms with Gasteiger partial charge in [-0.25, -0.2) is 0 Å². The second-order valence-electron chi connectivity index (χ2n) is 4.58. The van der Waals surface area contributed by atoms with E-state index in [1.165, 1.54) is 14.2 Å². The molecular formula is C17H18O3. The molecule has 104 valence electrons. The topological polar surface area (TPSA) is 35.5 Å². The van der Waals surface area contributed by atoms with Crippen molar-refractivity contribution in [2.45, 2.75) is 12.2 Å². The monoisotopic (exact) mass is 270 g/mol. The molecule has 0 atom stereocenters. The summed E-state index contributed by atoms with van der Waals surface area (Å²) in [6.45, 7) is 3.86. The number of carbonyl (C=O) groups excluding carboxylic acids is 1. The molecule has 1 aromatic rings. The molecule has 3 heteroatoms. The minimum atomic E-state index is -1.41. The Morgan fingerprint density at radius 1 is 1.15 bits per heavy atom. The molecule has 0 aromatic heterocycles. The zero-order valence-electron chi connectivity index (χ0n) is 11.8. The molecule has 0 amide bonds. The Kier molecular flexibility index (Phi) is 4.32. The summed E-state index contributed by atoms with van der Waals surface area (Å²) in [4.78, 5) is 12.8. The van der Waals surface area contributed by atoms with Crippen LogP contribution in [0.3, 0.4) is 0 Å². The molecule has 3 nitrogen and oxygen atoms in total. The van der Waals surface area contributed by atoms with Crippen molar-refractivity contribution >= 4 is 5.78 Å². The predicted molar refractivity (Wildman–Crippen MR) is 78.1 cm³/mol. The molecule has 0 heterocycles. The average molecular weight is 270 g/mol. The summed E-state index contributed by atoms with van der Waals surface area (Å²) in [5.41, 5.74) is 2.22. The number of Topliss-reactive ketones (excluding diaryl/α,β-unsaturated/α-hetero) is 1. The highest BCUT2D eigenvalue weighted by molar-refractivity contribution is 6.04. The Morgan fingerprint density at radius 2 is 1.80 bits per heavy atom. The Balaban J connectivity index is 2.41. The molecule has 0 fully saturated rings. The van der Waals surface area contributed by atoms with Crippen LogP contribution in [0.15, 0.2) is 66.3 Å². The van der Waals surface area contributed by atoms with Crippen LogP contribution in [0.1, 0.15) is 12.0 Å². The van der Waals surface area contributed by atoms with Crippen molar-refractivity contribution in [1.29, 1.82) is 0 Å². The second kappa shape index (κ2) is 5.99. The van der Waals surface area contributed by atoms with Gasteiger partial charge in [0.1, 0.15) is 0 Å². The van der Waals surface area contributed by atoms with Gasteiger partial charge >= 0.3 is 0 Å². The lowest BCUT2D eigenvalue weighted by Gasteiger charge is -2.30. The van der Waals surface area contributed by atoms with Crippen LogP contribution >= 0.6 is 0 Å². The van der Waals surface area contributed by atoms with Gasteiger partial charge in [-0.1, -0.05) is 60.7 Å². The third-order valence-corrected chi connectivity index (χ3v) is 3.37. The first-order valence-corrected chi connectivity index (χ1v) is 6.40. The van der Waals surface area contributed by atoms with Crippen LogP contribution in [0.2, 0.25) is 0 Å². The molecule has 0 N–H and O–H groups in total. The normalized spacial score (nSPS) is 15.1. The molecule has 0 spiro atoms. The number of rotatable bonds is 5. The summed E-state index contributed by atoms with van der Waals surface area (Å²) < 4.78 is 10.9. The van der Waals surface area contributed by atoms with Gasteiger partial charge in [-0.2, -0.15) is 0 Å². The summed E-state index contributed by atoms with van der Waals surface area (Å²) >= 11 is 0. The zero-order chi connectivity index (χ0) is 14.6. The quantitative estimate of drug-likeness (QED) is 0.771. The Hall–Kier alpha value is -1.97. The predicted octanol–water partition coefficient (Wildman–Crippen LogP) is 3.14. The van der Waals surface area contributed by atoms with Crippen molar-refractivity contribution in [3.63, 3.8) is 0 Å². The number of hydrogen-bond donors (Lipinski definition) is 0. The Labute approximate surface area is 119 Å². The molecule has 0 unspecified atom stereocenters. The largest absolute Gasteiger partial charge is 0.343 e. The minimum Gasteiger partial charge on any atom is -0.343 e. The van der Waals surface area contributed by atoms with Crippen LogP contribution in [0.5, 0.6) is 0 Å².